The number of hydrogen-bond donors (Lipinski definition) is 1. The fraction of sp³-hybridized carbons (Fsp3) is 0.571. The summed E-state index contributed by atoms with van der Waals surface area (Å²) in [5.74, 6) is 1.50. The van der Waals surface area contributed by atoms with Gasteiger partial charge in [0.1, 0.15) is 0 Å². The van der Waals surface area contributed by atoms with Gasteiger partial charge in [0, 0.05) is 13.1 Å². The fourth-order valence-corrected chi connectivity index (χ4v) is 1.92. The van der Waals surface area contributed by atoms with E-state index in [1.807, 2.05) is 12.1 Å². The van der Waals surface area contributed by atoms with Crippen LogP contribution in [0.2, 0.25) is 0 Å². The molecule has 0 saturated carbocycles. The van der Waals surface area contributed by atoms with Crippen molar-refractivity contribution in [2.45, 2.75) is 20.4 Å². The summed E-state index contributed by atoms with van der Waals surface area (Å²) in [6.07, 6.45) is 0. The first kappa shape index (κ1) is 14.8. The molecule has 1 aromatic carbocycles. The Hall–Kier alpha value is -1.26. The normalized spacial score (nSPS) is 10.8. The SMILES string of the molecule is CCN(CCO)Cc1cc(OC)c(OC)cc1C. The number of aliphatic hydroxyl groups is 1. The molecule has 0 aliphatic carbocycles. The first-order valence-corrected chi connectivity index (χ1v) is 6.21. The highest BCUT2D eigenvalue weighted by Crippen LogP contribution is 2.30. The third kappa shape index (κ3) is 3.62. The van der Waals surface area contributed by atoms with Gasteiger partial charge in [-0.25, -0.2) is 0 Å². The topological polar surface area (TPSA) is 41.9 Å². The van der Waals surface area contributed by atoms with Crippen molar-refractivity contribution < 1.29 is 14.6 Å². The second kappa shape index (κ2) is 7.24. The largest absolute Gasteiger partial charge is 0.493 e. The number of hydrogen-bond acceptors (Lipinski definition) is 4. The van der Waals surface area contributed by atoms with E-state index < -0.39 is 0 Å². The van der Waals surface area contributed by atoms with E-state index in [0.717, 1.165) is 24.6 Å². The average Bonchev–Trinajstić information content (AvgIpc) is 2.39. The maximum atomic E-state index is 9.01. The van der Waals surface area contributed by atoms with Gasteiger partial charge in [-0.2, -0.15) is 0 Å². The lowest BCUT2D eigenvalue weighted by molar-refractivity contribution is 0.196. The van der Waals surface area contributed by atoms with Crippen molar-refractivity contribution in [1.29, 1.82) is 0 Å². The molecule has 0 fully saturated rings. The minimum atomic E-state index is 0.181. The summed E-state index contributed by atoms with van der Waals surface area (Å²) < 4.78 is 10.6. The molecular formula is C14H23NO3. The molecule has 0 unspecified atom stereocenters. The highest BCUT2D eigenvalue weighted by Gasteiger charge is 2.11. The second-order valence-electron chi connectivity index (χ2n) is 4.23. The predicted octanol–water partition coefficient (Wildman–Crippen LogP) is 1.83. The highest BCUT2D eigenvalue weighted by molar-refractivity contribution is 5.47. The lowest BCUT2D eigenvalue weighted by atomic mass is 10.1. The third-order valence-electron chi connectivity index (χ3n) is 3.10. The van der Waals surface area contributed by atoms with Gasteiger partial charge in [-0.15, -0.1) is 0 Å². The number of aryl methyl sites for hydroxylation is 1. The smallest absolute Gasteiger partial charge is 0.161 e. The summed E-state index contributed by atoms with van der Waals surface area (Å²) in [7, 11) is 3.28. The van der Waals surface area contributed by atoms with Crippen molar-refractivity contribution in [2.24, 2.45) is 0 Å². The van der Waals surface area contributed by atoms with Gasteiger partial charge in [-0.05, 0) is 36.7 Å². The van der Waals surface area contributed by atoms with Gasteiger partial charge >= 0.3 is 0 Å². The lowest BCUT2D eigenvalue weighted by Gasteiger charge is -2.21. The third-order valence-corrected chi connectivity index (χ3v) is 3.10. The molecule has 0 heterocycles. The number of nitrogens with zero attached hydrogens (tertiary/aromatic N) is 1. The quantitative estimate of drug-likeness (QED) is 0.805. The molecule has 0 radical (unpaired) electrons. The molecule has 1 aromatic rings. The van der Waals surface area contributed by atoms with Crippen molar-refractivity contribution in [3.8, 4) is 11.5 Å². The molecule has 0 spiro atoms. The van der Waals surface area contributed by atoms with E-state index in [0.29, 0.717) is 6.54 Å². The molecule has 0 amide bonds. The number of methoxy groups -OCH3 is 2. The molecule has 102 valence electrons. The Labute approximate surface area is 109 Å². The maximum Gasteiger partial charge on any atom is 0.161 e. The van der Waals surface area contributed by atoms with E-state index in [1.54, 1.807) is 14.2 Å². The van der Waals surface area contributed by atoms with Crippen molar-refractivity contribution in [3.05, 3.63) is 23.3 Å². The van der Waals surface area contributed by atoms with Crippen LogP contribution in [0.1, 0.15) is 18.1 Å². The standard InChI is InChI=1S/C14H23NO3/c1-5-15(6-7-16)10-12-9-14(18-4)13(17-3)8-11(12)2/h8-9,16H,5-7,10H2,1-4H3. The van der Waals surface area contributed by atoms with Crippen LogP contribution in [0, 0.1) is 6.92 Å². The van der Waals surface area contributed by atoms with Crippen LogP contribution in [-0.2, 0) is 6.54 Å². The molecule has 0 aliphatic heterocycles. The minimum Gasteiger partial charge on any atom is -0.493 e. The molecule has 0 aliphatic rings. The molecule has 0 atom stereocenters. The van der Waals surface area contributed by atoms with Gasteiger partial charge in [0.2, 0.25) is 0 Å². The summed E-state index contributed by atoms with van der Waals surface area (Å²) >= 11 is 0. The summed E-state index contributed by atoms with van der Waals surface area (Å²) in [6, 6.07) is 4.00. The molecule has 1 N–H and O–H groups in total. The maximum absolute atomic E-state index is 9.01. The molecule has 0 bridgehead atoms. The monoisotopic (exact) mass is 253 g/mol. The molecule has 0 saturated heterocycles. The number of likely N-dealkylation sites (N-methyl/N-ethyl adjacent to an activating group) is 1. The lowest BCUT2D eigenvalue weighted by Crippen LogP contribution is -2.26. The van der Waals surface area contributed by atoms with Gasteiger partial charge in [0.05, 0.1) is 20.8 Å². The van der Waals surface area contributed by atoms with Crippen molar-refractivity contribution in [1.82, 2.24) is 4.90 Å². The van der Waals surface area contributed by atoms with E-state index in [2.05, 4.69) is 18.7 Å². The minimum absolute atomic E-state index is 0.181. The fourth-order valence-electron chi connectivity index (χ4n) is 1.92. The zero-order valence-electron chi connectivity index (χ0n) is 11.7. The zero-order chi connectivity index (χ0) is 13.5. The highest BCUT2D eigenvalue weighted by atomic mass is 16.5. The van der Waals surface area contributed by atoms with E-state index in [9.17, 15) is 0 Å². The summed E-state index contributed by atoms with van der Waals surface area (Å²) in [5, 5.41) is 9.01. The first-order valence-electron chi connectivity index (χ1n) is 6.21. The van der Waals surface area contributed by atoms with Gasteiger partial charge in [-0.3, -0.25) is 4.90 Å². The van der Waals surface area contributed by atoms with Crippen LogP contribution in [-0.4, -0.2) is 43.9 Å². The summed E-state index contributed by atoms with van der Waals surface area (Å²) in [5.41, 5.74) is 2.37. The van der Waals surface area contributed by atoms with Crippen LogP contribution in [0.4, 0.5) is 0 Å². The Morgan fingerprint density at radius 3 is 2.28 bits per heavy atom. The molecule has 1 rings (SSSR count). The number of benzene rings is 1. The second-order valence-corrected chi connectivity index (χ2v) is 4.23. The van der Waals surface area contributed by atoms with E-state index in [4.69, 9.17) is 14.6 Å². The molecular weight excluding hydrogens is 230 g/mol. The Morgan fingerprint density at radius 1 is 1.17 bits per heavy atom. The van der Waals surface area contributed by atoms with Gasteiger partial charge in [-0.1, -0.05) is 6.92 Å². The molecule has 18 heavy (non-hydrogen) atoms. The van der Waals surface area contributed by atoms with Gasteiger partial charge in [0.15, 0.2) is 11.5 Å². The number of rotatable bonds is 7. The van der Waals surface area contributed by atoms with E-state index in [-0.39, 0.29) is 6.61 Å². The summed E-state index contributed by atoms with van der Waals surface area (Å²) in [6.45, 7) is 6.73. The van der Waals surface area contributed by atoms with Gasteiger partial charge in [0.25, 0.3) is 0 Å². The van der Waals surface area contributed by atoms with Gasteiger partial charge < -0.3 is 14.6 Å². The van der Waals surface area contributed by atoms with E-state index >= 15 is 0 Å². The van der Waals surface area contributed by atoms with Crippen molar-refractivity contribution >= 4 is 0 Å². The molecule has 4 heteroatoms. The van der Waals surface area contributed by atoms with Crippen molar-refractivity contribution in [3.63, 3.8) is 0 Å². The van der Waals surface area contributed by atoms with Crippen LogP contribution >= 0.6 is 0 Å². The Balaban J connectivity index is 2.94. The van der Waals surface area contributed by atoms with Crippen LogP contribution in [0.5, 0.6) is 11.5 Å². The zero-order valence-corrected chi connectivity index (χ0v) is 11.7. The van der Waals surface area contributed by atoms with Crippen LogP contribution in [0.15, 0.2) is 12.1 Å². The van der Waals surface area contributed by atoms with Crippen LogP contribution in [0.25, 0.3) is 0 Å². The Morgan fingerprint density at radius 2 is 1.78 bits per heavy atom. The van der Waals surface area contributed by atoms with Crippen LogP contribution < -0.4 is 9.47 Å². The molecule has 4 nitrogen and oxygen atoms in total. The van der Waals surface area contributed by atoms with Crippen molar-refractivity contribution in [2.75, 3.05) is 33.9 Å². The number of aliphatic hydroxyl groups excluding tert-OH is 1. The Kier molecular flexibility index (Phi) is 5.95. The van der Waals surface area contributed by atoms with Crippen LogP contribution in [0.3, 0.4) is 0 Å². The Bertz CT molecular complexity index is 380. The number of ether oxygens (including phenoxy) is 2. The predicted molar refractivity (Wildman–Crippen MR) is 72.3 cm³/mol. The molecule has 0 aromatic heterocycles. The average molecular weight is 253 g/mol. The van der Waals surface area contributed by atoms with E-state index in [1.165, 1.54) is 11.1 Å². The summed E-state index contributed by atoms with van der Waals surface area (Å²) in [4.78, 5) is 2.19. The first-order chi connectivity index (χ1) is 8.65.